The number of nitrogens with two attached hydrogens (primary N) is 1. The van der Waals surface area contributed by atoms with Gasteiger partial charge in [-0.1, -0.05) is 36.2 Å². The maximum absolute atomic E-state index is 11.6. The van der Waals surface area contributed by atoms with E-state index >= 15 is 0 Å². The van der Waals surface area contributed by atoms with E-state index in [4.69, 9.17) is 28.9 Å². The molecule has 0 spiro atoms. The van der Waals surface area contributed by atoms with Crippen LogP contribution in [0.3, 0.4) is 0 Å². The molecule has 0 saturated heterocycles. The Morgan fingerprint density at radius 2 is 2.18 bits per heavy atom. The summed E-state index contributed by atoms with van der Waals surface area (Å²) in [6, 6.07) is 5.11. The molecule has 1 rings (SSSR count). The van der Waals surface area contributed by atoms with Crippen molar-refractivity contribution < 1.29 is 4.79 Å². The van der Waals surface area contributed by atoms with Gasteiger partial charge < -0.3 is 11.1 Å². The summed E-state index contributed by atoms with van der Waals surface area (Å²) in [5.41, 5.74) is 6.24. The number of hydrogen-bond donors (Lipinski definition) is 2. The first kappa shape index (κ1) is 14.3. The third-order valence-corrected chi connectivity index (χ3v) is 3.00. The van der Waals surface area contributed by atoms with Gasteiger partial charge in [-0.25, -0.2) is 0 Å². The minimum Gasteiger partial charge on any atom is -0.355 e. The lowest BCUT2D eigenvalue weighted by Crippen LogP contribution is -2.32. The van der Waals surface area contributed by atoms with Crippen molar-refractivity contribution in [2.75, 3.05) is 13.1 Å². The van der Waals surface area contributed by atoms with E-state index in [2.05, 4.69) is 5.32 Å². The maximum atomic E-state index is 11.6. The Morgan fingerprint density at radius 3 is 2.76 bits per heavy atom. The van der Waals surface area contributed by atoms with Crippen molar-refractivity contribution in [3.63, 3.8) is 0 Å². The van der Waals surface area contributed by atoms with E-state index in [0.29, 0.717) is 23.1 Å². The lowest BCUT2D eigenvalue weighted by Gasteiger charge is -2.10. The predicted octanol–water partition coefficient (Wildman–Crippen LogP) is 2.25. The van der Waals surface area contributed by atoms with E-state index in [1.165, 1.54) is 0 Å². The number of carbonyl (C=O) groups excluding carboxylic acids is 1. The summed E-state index contributed by atoms with van der Waals surface area (Å²) < 4.78 is 0. The van der Waals surface area contributed by atoms with E-state index in [0.717, 1.165) is 5.56 Å². The van der Waals surface area contributed by atoms with Gasteiger partial charge in [0.2, 0.25) is 5.91 Å². The van der Waals surface area contributed by atoms with E-state index in [1.54, 1.807) is 18.2 Å². The lowest BCUT2D eigenvalue weighted by atomic mass is 10.1. The van der Waals surface area contributed by atoms with Crippen LogP contribution in [0, 0.1) is 5.92 Å². The molecule has 0 aromatic heterocycles. The molecule has 0 aliphatic heterocycles. The molecule has 1 aromatic rings. The van der Waals surface area contributed by atoms with Crippen LogP contribution in [0.15, 0.2) is 18.2 Å². The maximum Gasteiger partial charge on any atom is 0.224 e. The minimum absolute atomic E-state index is 0.0606. The van der Waals surface area contributed by atoms with Gasteiger partial charge in [-0.15, -0.1) is 0 Å². The summed E-state index contributed by atoms with van der Waals surface area (Å²) in [4.78, 5) is 11.6. The van der Waals surface area contributed by atoms with Gasteiger partial charge in [-0.05, 0) is 30.2 Å². The molecule has 17 heavy (non-hydrogen) atoms. The Morgan fingerprint density at radius 1 is 1.47 bits per heavy atom. The molecule has 1 atom stereocenters. The third kappa shape index (κ3) is 4.94. The van der Waals surface area contributed by atoms with Crippen molar-refractivity contribution in [1.29, 1.82) is 0 Å². The Kier molecular flexibility index (Phi) is 5.75. The highest BCUT2D eigenvalue weighted by molar-refractivity contribution is 6.35. The van der Waals surface area contributed by atoms with Crippen LogP contribution < -0.4 is 11.1 Å². The normalized spacial score (nSPS) is 12.2. The van der Waals surface area contributed by atoms with Crippen LogP contribution in [0.1, 0.15) is 12.5 Å². The van der Waals surface area contributed by atoms with E-state index in [9.17, 15) is 4.79 Å². The van der Waals surface area contributed by atoms with Gasteiger partial charge in [0.25, 0.3) is 0 Å². The second kappa shape index (κ2) is 6.84. The largest absolute Gasteiger partial charge is 0.355 e. The average Bonchev–Trinajstić information content (AvgIpc) is 2.29. The minimum atomic E-state index is -0.0606. The molecule has 0 heterocycles. The third-order valence-electron chi connectivity index (χ3n) is 2.42. The summed E-state index contributed by atoms with van der Waals surface area (Å²) in [5, 5.41) is 3.89. The topological polar surface area (TPSA) is 55.1 Å². The first-order chi connectivity index (χ1) is 8.02. The summed E-state index contributed by atoms with van der Waals surface area (Å²) in [7, 11) is 0. The summed E-state index contributed by atoms with van der Waals surface area (Å²) in [6.45, 7) is 3.12. The van der Waals surface area contributed by atoms with Crippen LogP contribution in [0.2, 0.25) is 10.0 Å². The first-order valence-electron chi connectivity index (χ1n) is 5.43. The number of halogens is 2. The number of amides is 1. The molecule has 0 aliphatic carbocycles. The highest BCUT2D eigenvalue weighted by atomic mass is 35.5. The summed E-state index contributed by atoms with van der Waals surface area (Å²) in [5.74, 6) is 0.217. The molecule has 0 radical (unpaired) electrons. The number of rotatable bonds is 5. The van der Waals surface area contributed by atoms with Gasteiger partial charge in [0.05, 0.1) is 6.42 Å². The van der Waals surface area contributed by atoms with Crippen molar-refractivity contribution in [1.82, 2.24) is 5.32 Å². The Balaban J connectivity index is 2.50. The molecule has 3 N–H and O–H groups in total. The van der Waals surface area contributed by atoms with Gasteiger partial charge >= 0.3 is 0 Å². The molecule has 94 valence electrons. The number of hydrogen-bond acceptors (Lipinski definition) is 2. The highest BCUT2D eigenvalue weighted by Gasteiger charge is 2.08. The van der Waals surface area contributed by atoms with Gasteiger partial charge in [0.15, 0.2) is 0 Å². The molecular formula is C12H16Cl2N2O. The standard InChI is InChI=1S/C12H16Cl2N2O/c1-8(6-15)7-16-12(17)4-9-2-3-10(13)5-11(9)14/h2-3,5,8H,4,6-7,15H2,1H3,(H,16,17). The zero-order valence-corrected chi connectivity index (χ0v) is 11.2. The lowest BCUT2D eigenvalue weighted by molar-refractivity contribution is -0.120. The quantitative estimate of drug-likeness (QED) is 0.866. The zero-order valence-electron chi connectivity index (χ0n) is 9.67. The average molecular weight is 275 g/mol. The fraction of sp³-hybridized carbons (Fsp3) is 0.417. The number of benzene rings is 1. The molecule has 1 unspecified atom stereocenters. The van der Waals surface area contributed by atoms with E-state index in [1.807, 2.05) is 6.92 Å². The van der Waals surface area contributed by atoms with Gasteiger partial charge in [-0.2, -0.15) is 0 Å². The predicted molar refractivity (Wildman–Crippen MR) is 71.4 cm³/mol. The molecule has 5 heteroatoms. The molecule has 1 aromatic carbocycles. The number of carbonyl (C=O) groups is 1. The second-order valence-electron chi connectivity index (χ2n) is 4.06. The van der Waals surface area contributed by atoms with Crippen LogP contribution >= 0.6 is 23.2 Å². The van der Waals surface area contributed by atoms with Gasteiger partial charge in [0.1, 0.15) is 0 Å². The van der Waals surface area contributed by atoms with Gasteiger partial charge in [-0.3, -0.25) is 4.79 Å². The Hall–Kier alpha value is -0.770. The highest BCUT2D eigenvalue weighted by Crippen LogP contribution is 2.21. The Bertz CT molecular complexity index is 396. The molecule has 3 nitrogen and oxygen atoms in total. The smallest absolute Gasteiger partial charge is 0.224 e. The van der Waals surface area contributed by atoms with Crippen molar-refractivity contribution in [3.05, 3.63) is 33.8 Å². The molecule has 1 amide bonds. The van der Waals surface area contributed by atoms with Crippen molar-refractivity contribution >= 4 is 29.1 Å². The molecule has 0 fully saturated rings. The van der Waals surface area contributed by atoms with Gasteiger partial charge in [0, 0.05) is 16.6 Å². The van der Waals surface area contributed by atoms with E-state index in [-0.39, 0.29) is 18.2 Å². The van der Waals surface area contributed by atoms with Crippen molar-refractivity contribution in [3.8, 4) is 0 Å². The van der Waals surface area contributed by atoms with Crippen molar-refractivity contribution in [2.24, 2.45) is 11.7 Å². The summed E-state index contributed by atoms with van der Waals surface area (Å²) >= 11 is 11.8. The first-order valence-corrected chi connectivity index (χ1v) is 6.19. The molecule has 0 saturated carbocycles. The van der Waals surface area contributed by atoms with Crippen LogP contribution in [-0.4, -0.2) is 19.0 Å². The van der Waals surface area contributed by atoms with E-state index < -0.39 is 0 Å². The fourth-order valence-corrected chi connectivity index (χ4v) is 1.75. The zero-order chi connectivity index (χ0) is 12.8. The molecular weight excluding hydrogens is 259 g/mol. The monoisotopic (exact) mass is 274 g/mol. The van der Waals surface area contributed by atoms with Crippen molar-refractivity contribution in [2.45, 2.75) is 13.3 Å². The van der Waals surface area contributed by atoms with Crippen LogP contribution in [0.5, 0.6) is 0 Å². The summed E-state index contributed by atoms with van der Waals surface area (Å²) in [6.07, 6.45) is 0.257. The second-order valence-corrected chi connectivity index (χ2v) is 4.90. The number of nitrogens with one attached hydrogen (secondary N) is 1. The SMILES string of the molecule is CC(CN)CNC(=O)Cc1ccc(Cl)cc1Cl. The Labute approximate surface area is 111 Å². The van der Waals surface area contributed by atoms with Crippen LogP contribution in [0.25, 0.3) is 0 Å². The molecule has 0 bridgehead atoms. The fourth-order valence-electron chi connectivity index (χ4n) is 1.27. The van der Waals surface area contributed by atoms with Crippen LogP contribution in [-0.2, 0) is 11.2 Å². The molecule has 0 aliphatic rings. The van der Waals surface area contributed by atoms with Crippen LogP contribution in [0.4, 0.5) is 0 Å².